The summed E-state index contributed by atoms with van der Waals surface area (Å²) in [6, 6.07) is 0. The van der Waals surface area contributed by atoms with Crippen molar-refractivity contribution in [2.45, 2.75) is 71.1 Å². The third-order valence-corrected chi connectivity index (χ3v) is 3.51. The van der Waals surface area contributed by atoms with E-state index < -0.39 is 10.1 Å². The van der Waals surface area contributed by atoms with E-state index >= 15 is 0 Å². The largest absolute Gasteiger partial charge is 1.00 e. The van der Waals surface area contributed by atoms with Gasteiger partial charge in [0.25, 0.3) is 10.1 Å². The molecule has 0 spiro atoms. The monoisotopic (exact) mass is 331 g/mol. The first-order valence-corrected chi connectivity index (χ1v) is 9.09. The molecule has 0 saturated carbocycles. The number of hydrogen-bond donors (Lipinski definition) is 2. The van der Waals surface area contributed by atoms with Gasteiger partial charge in [-0.2, -0.15) is 14.8 Å². The van der Waals surface area contributed by atoms with Gasteiger partial charge in [-0.05, 0) is 0 Å². The van der Waals surface area contributed by atoms with Crippen LogP contribution >= 0.6 is 0 Å². The van der Waals surface area contributed by atoms with Crippen LogP contribution in [-0.4, -0.2) is 31.6 Å². The van der Waals surface area contributed by atoms with Crippen molar-refractivity contribution in [3.8, 4) is 0 Å². The number of rotatable bonds is 12. The summed E-state index contributed by atoms with van der Waals surface area (Å²) < 4.78 is 27.3. The average molecular weight is 331 g/mol. The first-order valence-electron chi connectivity index (χ1n) is 7.48. The second kappa shape index (κ2) is 20.5. The Morgan fingerprint density at radius 1 is 0.952 bits per heavy atom. The molecule has 0 fully saturated rings. The maximum Gasteiger partial charge on any atom is 1.00 e. The number of unbranched alkanes of at least 4 members (excludes halogenated alkanes) is 9. The Bertz CT molecular complexity index is 297. The first-order chi connectivity index (χ1) is 9.47. The molecular weight excluding hydrogens is 301 g/mol. The molecule has 0 amide bonds. The summed E-state index contributed by atoms with van der Waals surface area (Å²) in [5.74, 6) is -0.354. The third kappa shape index (κ3) is 33.4. The number of nitrogens with two attached hydrogens (primary N) is 1. The smallest absolute Gasteiger partial charge is 0.542 e. The molecule has 0 heterocycles. The Labute approximate surface area is 152 Å². The molecule has 0 radical (unpaired) electrons. The van der Waals surface area contributed by atoms with Gasteiger partial charge in [0.15, 0.2) is 0 Å². The molecule has 0 aliphatic rings. The molecule has 0 saturated heterocycles. The minimum Gasteiger partial charge on any atom is -0.542 e. The van der Waals surface area contributed by atoms with Crippen LogP contribution in [0.1, 0.15) is 71.1 Å². The van der Waals surface area contributed by atoms with Crippen LogP contribution in [0.5, 0.6) is 0 Å². The van der Waals surface area contributed by atoms with E-state index in [0.29, 0.717) is 6.42 Å². The van der Waals surface area contributed by atoms with Crippen LogP contribution in [0.15, 0.2) is 0 Å². The fourth-order valence-electron chi connectivity index (χ4n) is 1.66. The van der Waals surface area contributed by atoms with Crippen LogP contribution in [0, 0.1) is 0 Å². The molecule has 5 nitrogen and oxygen atoms in total. The predicted molar refractivity (Wildman–Crippen MR) is 83.0 cm³/mol. The van der Waals surface area contributed by atoms with Crippen molar-refractivity contribution < 1.29 is 47.3 Å². The van der Waals surface area contributed by atoms with Gasteiger partial charge >= 0.3 is 29.6 Å². The molecule has 0 aromatic carbocycles. The summed E-state index contributed by atoms with van der Waals surface area (Å²) in [5.41, 5.74) is 4.78. The van der Waals surface area contributed by atoms with E-state index in [1.165, 1.54) is 51.4 Å². The summed E-state index contributed by atoms with van der Waals surface area (Å²) in [4.78, 5) is 9.89. The van der Waals surface area contributed by atoms with Gasteiger partial charge in [-0.1, -0.05) is 64.7 Å². The van der Waals surface area contributed by atoms with Gasteiger partial charge in [0, 0.05) is 6.54 Å². The summed E-state index contributed by atoms with van der Waals surface area (Å²) in [6.07, 6.45) is 14.4. The van der Waals surface area contributed by atoms with Gasteiger partial charge in [-0.15, -0.1) is 0 Å². The van der Waals surface area contributed by atoms with Gasteiger partial charge in [-0.3, -0.25) is 10.8 Å². The molecule has 3 N–H and O–H groups in total. The van der Waals surface area contributed by atoms with Crippen molar-refractivity contribution in [1.29, 1.82) is 0 Å². The Morgan fingerprint density at radius 3 is 1.67 bits per heavy atom. The van der Waals surface area contributed by atoms with Crippen molar-refractivity contribution >= 4 is 16.4 Å². The van der Waals surface area contributed by atoms with E-state index in [2.05, 4.69) is 6.92 Å². The van der Waals surface area contributed by atoms with Gasteiger partial charge in [-0.25, -0.2) is 0 Å². The first kappa shape index (κ1) is 26.4. The zero-order chi connectivity index (χ0) is 15.7. The molecule has 0 rings (SSSR count). The Kier molecular flexibility index (Phi) is 25.9. The SMILES string of the molecule is CCCCCCCCCCC[C-]=O.NCCS(=O)(=O)O.[Na+]. The maximum absolute atomic E-state index is 9.89. The van der Waals surface area contributed by atoms with E-state index in [-0.39, 0.29) is 41.9 Å². The van der Waals surface area contributed by atoms with Crippen molar-refractivity contribution in [3.05, 3.63) is 0 Å². The normalized spacial score (nSPS) is 10.2. The maximum atomic E-state index is 9.89. The second-order valence-corrected chi connectivity index (χ2v) is 6.37. The van der Waals surface area contributed by atoms with Gasteiger partial charge < -0.3 is 10.5 Å². The van der Waals surface area contributed by atoms with Crippen molar-refractivity contribution in [1.82, 2.24) is 0 Å². The van der Waals surface area contributed by atoms with Crippen LogP contribution in [0.25, 0.3) is 0 Å². The predicted octanol–water partition coefficient (Wildman–Crippen LogP) is -0.146. The van der Waals surface area contributed by atoms with E-state index in [1.807, 2.05) is 6.29 Å². The Morgan fingerprint density at radius 2 is 1.38 bits per heavy atom. The van der Waals surface area contributed by atoms with E-state index in [9.17, 15) is 13.2 Å². The zero-order valence-corrected chi connectivity index (χ0v) is 16.5. The average Bonchev–Trinajstić information content (AvgIpc) is 2.36. The van der Waals surface area contributed by atoms with Crippen LogP contribution in [0.3, 0.4) is 0 Å². The molecular formula is C14H30NNaO4S. The van der Waals surface area contributed by atoms with Crippen molar-refractivity contribution in [2.24, 2.45) is 5.73 Å². The topological polar surface area (TPSA) is 97.5 Å². The van der Waals surface area contributed by atoms with Crippen molar-refractivity contribution in [2.75, 3.05) is 12.3 Å². The summed E-state index contributed by atoms with van der Waals surface area (Å²) in [7, 11) is -3.80. The Balaban J connectivity index is -0.000000347. The standard InChI is InChI=1S/C12H23O.C2H7NO3S.Na/c1-2-3-4-5-6-7-8-9-10-11-12-13;3-1-2-7(4,5)6;/h2-11H2,1H3;1-3H2,(H,4,5,6);/q-1;;+1. The molecule has 0 unspecified atom stereocenters. The summed E-state index contributed by atoms with van der Waals surface area (Å²) in [6.45, 7) is 2.22. The fraction of sp³-hybridized carbons (Fsp3) is 0.929. The van der Waals surface area contributed by atoms with E-state index in [4.69, 9.17) is 10.3 Å². The molecule has 0 bridgehead atoms. The van der Waals surface area contributed by atoms with Crippen LogP contribution in [0.2, 0.25) is 0 Å². The zero-order valence-electron chi connectivity index (χ0n) is 13.6. The molecule has 0 aliphatic heterocycles. The fourth-order valence-corrected chi connectivity index (χ4v) is 1.95. The number of carbonyl (C=O) groups excluding carboxylic acids is 1. The van der Waals surface area contributed by atoms with Crippen molar-refractivity contribution in [3.63, 3.8) is 0 Å². The molecule has 0 aliphatic carbocycles. The minimum atomic E-state index is -3.80. The third-order valence-electron chi connectivity index (χ3n) is 2.76. The van der Waals surface area contributed by atoms with Gasteiger partial charge in [0.05, 0.1) is 5.75 Å². The van der Waals surface area contributed by atoms with Crippen LogP contribution in [0.4, 0.5) is 0 Å². The molecule has 0 aromatic heterocycles. The minimum absolute atomic E-state index is 0. The Hall–Kier alpha value is 0.540. The van der Waals surface area contributed by atoms with E-state index in [1.54, 1.807) is 0 Å². The van der Waals surface area contributed by atoms with Crippen LogP contribution < -0.4 is 35.3 Å². The molecule has 7 heteroatoms. The summed E-state index contributed by atoms with van der Waals surface area (Å²) in [5, 5.41) is 0. The quantitative estimate of drug-likeness (QED) is 0.224. The second-order valence-electron chi connectivity index (χ2n) is 4.80. The van der Waals surface area contributed by atoms with Crippen LogP contribution in [-0.2, 0) is 14.9 Å². The molecule has 122 valence electrons. The molecule has 21 heavy (non-hydrogen) atoms. The number of hydrogen-bond acceptors (Lipinski definition) is 4. The van der Waals surface area contributed by atoms with E-state index in [0.717, 1.165) is 6.42 Å². The van der Waals surface area contributed by atoms with Gasteiger partial charge in [0.1, 0.15) is 0 Å². The summed E-state index contributed by atoms with van der Waals surface area (Å²) >= 11 is 0. The molecule has 0 atom stereocenters. The van der Waals surface area contributed by atoms with Gasteiger partial charge in [0.2, 0.25) is 0 Å². The molecule has 0 aromatic rings.